The van der Waals surface area contributed by atoms with Gasteiger partial charge in [0.25, 0.3) is 0 Å². The minimum Gasteiger partial charge on any atom is -0.355 e. The molecule has 0 spiro atoms. The van der Waals surface area contributed by atoms with Gasteiger partial charge in [-0.25, -0.2) is 9.97 Å². The highest BCUT2D eigenvalue weighted by atomic mass is 32.1. The molecule has 4 rings (SSSR count). The molecule has 0 aliphatic carbocycles. The molecular formula is C22H26N4OS. The number of carbonyl (C=O) groups is 1. The van der Waals surface area contributed by atoms with Gasteiger partial charge in [-0.05, 0) is 56.4 Å². The first-order valence-electron chi connectivity index (χ1n) is 9.91. The number of thiophene rings is 1. The van der Waals surface area contributed by atoms with Crippen molar-refractivity contribution in [3.05, 3.63) is 46.6 Å². The molecule has 6 heteroatoms. The maximum absolute atomic E-state index is 13.0. The number of anilines is 2. The molecule has 28 heavy (non-hydrogen) atoms. The summed E-state index contributed by atoms with van der Waals surface area (Å²) in [5, 5.41) is 4.26. The summed E-state index contributed by atoms with van der Waals surface area (Å²) in [6.45, 7) is 7.86. The van der Waals surface area contributed by atoms with Crippen LogP contribution >= 0.6 is 11.3 Å². The molecule has 1 saturated heterocycles. The monoisotopic (exact) mass is 394 g/mol. The van der Waals surface area contributed by atoms with Crippen LogP contribution in [0.4, 0.5) is 11.5 Å². The summed E-state index contributed by atoms with van der Waals surface area (Å²) in [6, 6.07) is 8.37. The van der Waals surface area contributed by atoms with E-state index in [0.29, 0.717) is 6.54 Å². The Morgan fingerprint density at radius 3 is 2.96 bits per heavy atom. The number of nitrogens with one attached hydrogen (secondary N) is 1. The number of hydrogen-bond donors (Lipinski definition) is 1. The largest absolute Gasteiger partial charge is 0.355 e. The third-order valence-electron chi connectivity index (χ3n) is 5.45. The van der Waals surface area contributed by atoms with E-state index >= 15 is 0 Å². The number of amides is 1. The van der Waals surface area contributed by atoms with E-state index in [-0.39, 0.29) is 11.8 Å². The first-order valence-corrected chi connectivity index (χ1v) is 10.7. The van der Waals surface area contributed by atoms with Crippen molar-refractivity contribution in [2.75, 3.05) is 23.3 Å². The van der Waals surface area contributed by atoms with Crippen LogP contribution in [-0.4, -0.2) is 29.0 Å². The number of rotatable bonds is 4. The predicted octanol–water partition coefficient (Wildman–Crippen LogP) is 4.73. The Labute approximate surface area is 169 Å². The van der Waals surface area contributed by atoms with Gasteiger partial charge >= 0.3 is 0 Å². The summed E-state index contributed by atoms with van der Waals surface area (Å²) < 4.78 is 0. The highest BCUT2D eigenvalue weighted by Gasteiger charge is 2.28. The summed E-state index contributed by atoms with van der Waals surface area (Å²) in [6.07, 6.45) is 4.54. The maximum Gasteiger partial charge on any atom is 0.229 e. The molecule has 0 bridgehead atoms. The Morgan fingerprint density at radius 1 is 1.29 bits per heavy atom. The van der Waals surface area contributed by atoms with E-state index in [1.807, 2.05) is 19.9 Å². The second-order valence-corrected chi connectivity index (χ2v) is 8.69. The zero-order valence-electron chi connectivity index (χ0n) is 16.7. The quantitative estimate of drug-likeness (QED) is 0.695. The first-order chi connectivity index (χ1) is 13.5. The molecule has 1 aliphatic heterocycles. The van der Waals surface area contributed by atoms with Crippen LogP contribution < -0.4 is 10.2 Å². The second-order valence-electron chi connectivity index (χ2n) is 7.58. The molecule has 5 nitrogen and oxygen atoms in total. The lowest BCUT2D eigenvalue weighted by molar-refractivity contribution is -0.120. The van der Waals surface area contributed by atoms with Crippen molar-refractivity contribution < 1.29 is 4.79 Å². The normalized spacial score (nSPS) is 17.1. The van der Waals surface area contributed by atoms with Crippen LogP contribution in [0.15, 0.2) is 30.6 Å². The van der Waals surface area contributed by atoms with E-state index in [4.69, 9.17) is 0 Å². The smallest absolute Gasteiger partial charge is 0.229 e. The van der Waals surface area contributed by atoms with Gasteiger partial charge in [-0.15, -0.1) is 11.3 Å². The molecule has 0 radical (unpaired) electrons. The number of aromatic nitrogens is 2. The van der Waals surface area contributed by atoms with Crippen molar-refractivity contribution in [2.45, 2.75) is 40.0 Å². The third-order valence-corrected chi connectivity index (χ3v) is 6.64. The third kappa shape index (κ3) is 3.74. The fraction of sp³-hybridized carbons (Fsp3) is 0.409. The average molecular weight is 395 g/mol. The minimum atomic E-state index is -0.0389. The fourth-order valence-corrected chi connectivity index (χ4v) is 4.74. The van der Waals surface area contributed by atoms with Gasteiger partial charge < -0.3 is 10.2 Å². The van der Waals surface area contributed by atoms with Crippen LogP contribution in [0.25, 0.3) is 10.2 Å². The standard InChI is InChI=1S/C22H26N4OS/c1-4-17-11-18-20(23-13-24-22(18)28-17)26-9-5-6-16(12-26)21(27)25-19-10-14(2)7-8-15(19)3/h7-8,10-11,13,16H,4-6,9,12H2,1-3H3,(H,25,27)/t16-/m0/s1. The molecule has 146 valence electrons. The molecule has 3 aromatic rings. The molecule has 1 aliphatic rings. The van der Waals surface area contributed by atoms with Crippen molar-refractivity contribution in [3.63, 3.8) is 0 Å². The maximum atomic E-state index is 13.0. The van der Waals surface area contributed by atoms with Crippen molar-refractivity contribution in [1.82, 2.24) is 9.97 Å². The Morgan fingerprint density at radius 2 is 2.14 bits per heavy atom. The summed E-state index contributed by atoms with van der Waals surface area (Å²) in [5.74, 6) is 1.02. The zero-order valence-corrected chi connectivity index (χ0v) is 17.5. The molecule has 1 aromatic carbocycles. The molecule has 0 unspecified atom stereocenters. The van der Waals surface area contributed by atoms with E-state index in [9.17, 15) is 4.79 Å². The van der Waals surface area contributed by atoms with Crippen LogP contribution in [0, 0.1) is 19.8 Å². The van der Waals surface area contributed by atoms with E-state index in [2.05, 4.69) is 45.3 Å². The molecule has 2 aromatic heterocycles. The van der Waals surface area contributed by atoms with Crippen molar-refractivity contribution in [1.29, 1.82) is 0 Å². The summed E-state index contributed by atoms with van der Waals surface area (Å²) in [7, 11) is 0. The van der Waals surface area contributed by atoms with Gasteiger partial charge in [0.05, 0.1) is 11.3 Å². The molecule has 3 heterocycles. The Bertz CT molecular complexity index is 1010. The predicted molar refractivity (Wildman–Crippen MR) is 116 cm³/mol. The number of benzene rings is 1. The zero-order chi connectivity index (χ0) is 19.7. The lowest BCUT2D eigenvalue weighted by Gasteiger charge is -2.33. The molecular weight excluding hydrogens is 368 g/mol. The number of hydrogen-bond acceptors (Lipinski definition) is 5. The van der Waals surface area contributed by atoms with Crippen molar-refractivity contribution in [3.8, 4) is 0 Å². The minimum absolute atomic E-state index is 0.0389. The topological polar surface area (TPSA) is 58.1 Å². The molecule has 1 N–H and O–H groups in total. The van der Waals surface area contributed by atoms with E-state index < -0.39 is 0 Å². The molecule has 1 amide bonds. The van der Waals surface area contributed by atoms with E-state index in [1.165, 1.54) is 4.88 Å². The summed E-state index contributed by atoms with van der Waals surface area (Å²) >= 11 is 1.73. The van der Waals surface area contributed by atoms with Gasteiger partial charge in [0, 0.05) is 23.7 Å². The van der Waals surface area contributed by atoms with Gasteiger partial charge in [-0.1, -0.05) is 19.1 Å². The second kappa shape index (κ2) is 7.87. The van der Waals surface area contributed by atoms with Crippen LogP contribution in [0.5, 0.6) is 0 Å². The van der Waals surface area contributed by atoms with Crippen LogP contribution in [-0.2, 0) is 11.2 Å². The molecule has 1 fully saturated rings. The van der Waals surface area contributed by atoms with Crippen LogP contribution in [0.3, 0.4) is 0 Å². The summed E-state index contributed by atoms with van der Waals surface area (Å²) in [4.78, 5) is 26.6. The Balaban J connectivity index is 1.54. The van der Waals surface area contributed by atoms with E-state index in [0.717, 1.165) is 58.7 Å². The first kappa shape index (κ1) is 18.9. The van der Waals surface area contributed by atoms with Gasteiger partial charge in [0.1, 0.15) is 17.0 Å². The van der Waals surface area contributed by atoms with Crippen LogP contribution in [0.1, 0.15) is 35.8 Å². The number of fused-ring (bicyclic) bond motifs is 1. The van der Waals surface area contributed by atoms with Gasteiger partial charge in [0.2, 0.25) is 5.91 Å². The summed E-state index contributed by atoms with van der Waals surface area (Å²) in [5.41, 5.74) is 3.16. The number of aryl methyl sites for hydroxylation is 3. The molecule has 1 atom stereocenters. The van der Waals surface area contributed by atoms with Gasteiger partial charge in [-0.2, -0.15) is 0 Å². The highest BCUT2D eigenvalue weighted by Crippen LogP contribution is 2.33. The fourth-order valence-electron chi connectivity index (χ4n) is 3.81. The number of carbonyl (C=O) groups excluding carboxylic acids is 1. The van der Waals surface area contributed by atoms with E-state index in [1.54, 1.807) is 17.7 Å². The number of piperidine rings is 1. The number of nitrogens with zero attached hydrogens (tertiary/aromatic N) is 3. The van der Waals surface area contributed by atoms with Gasteiger partial charge in [0.15, 0.2) is 0 Å². The SMILES string of the molecule is CCc1cc2c(N3CCC[C@H](C(=O)Nc4cc(C)ccc4C)C3)ncnc2s1. The lowest BCUT2D eigenvalue weighted by atomic mass is 9.96. The Kier molecular flexibility index (Phi) is 5.31. The lowest BCUT2D eigenvalue weighted by Crippen LogP contribution is -2.41. The van der Waals surface area contributed by atoms with Gasteiger partial charge in [-0.3, -0.25) is 4.79 Å². The highest BCUT2D eigenvalue weighted by molar-refractivity contribution is 7.18. The van der Waals surface area contributed by atoms with Crippen molar-refractivity contribution >= 4 is 39.0 Å². The van der Waals surface area contributed by atoms with Crippen LogP contribution in [0.2, 0.25) is 0 Å². The van der Waals surface area contributed by atoms with Crippen molar-refractivity contribution in [2.24, 2.45) is 5.92 Å². The molecule has 0 saturated carbocycles. The Hall–Kier alpha value is -2.47. The average Bonchev–Trinajstić information content (AvgIpc) is 3.14.